The van der Waals surface area contributed by atoms with Gasteiger partial charge in [0.2, 0.25) is 0 Å². The number of alkyl halides is 2. The molecule has 0 bridgehead atoms. The molecule has 6 heteroatoms. The second-order valence-corrected chi connectivity index (χ2v) is 3.38. The number of quaternary nitrogens is 1. The molecular weight excluding hydrogens is 220 g/mol. The molecule has 1 aromatic carbocycles. The van der Waals surface area contributed by atoms with Crippen LogP contribution in [-0.4, -0.2) is 23.5 Å². The number of phenols is 1. The molecular formula is C10H11F2NO3. The van der Waals surface area contributed by atoms with Crippen LogP contribution in [0.2, 0.25) is 0 Å². The van der Waals surface area contributed by atoms with E-state index in [2.05, 4.69) is 5.73 Å². The van der Waals surface area contributed by atoms with E-state index in [9.17, 15) is 18.7 Å². The monoisotopic (exact) mass is 231 g/mol. The zero-order valence-electron chi connectivity index (χ0n) is 8.27. The average Bonchev–Trinajstić information content (AvgIpc) is 2.20. The van der Waals surface area contributed by atoms with E-state index in [-0.39, 0.29) is 11.3 Å². The van der Waals surface area contributed by atoms with Gasteiger partial charge < -0.3 is 20.7 Å². The summed E-state index contributed by atoms with van der Waals surface area (Å²) in [7, 11) is 0. The van der Waals surface area contributed by atoms with E-state index in [0.29, 0.717) is 0 Å². The van der Waals surface area contributed by atoms with Crippen LogP contribution in [0, 0.1) is 0 Å². The molecule has 0 aromatic heterocycles. The number of carboxylic acids is 1. The van der Waals surface area contributed by atoms with Crippen LogP contribution in [0.15, 0.2) is 24.3 Å². The molecule has 4 nitrogen and oxygen atoms in total. The van der Waals surface area contributed by atoms with Crippen molar-refractivity contribution in [3.05, 3.63) is 29.8 Å². The van der Waals surface area contributed by atoms with Gasteiger partial charge in [0.1, 0.15) is 17.7 Å². The molecule has 1 aromatic rings. The first-order chi connectivity index (χ1) is 7.43. The third-order valence-electron chi connectivity index (χ3n) is 2.29. The van der Waals surface area contributed by atoms with Gasteiger partial charge in [-0.2, -0.15) is 0 Å². The van der Waals surface area contributed by atoms with E-state index in [0.717, 1.165) is 0 Å². The number of carbonyl (C=O) groups excluding carboxylic acids is 1. The van der Waals surface area contributed by atoms with Gasteiger partial charge in [0, 0.05) is 0 Å². The quantitative estimate of drug-likeness (QED) is 0.704. The van der Waals surface area contributed by atoms with Crippen molar-refractivity contribution in [1.82, 2.24) is 0 Å². The van der Waals surface area contributed by atoms with Gasteiger partial charge in [-0.1, -0.05) is 12.1 Å². The summed E-state index contributed by atoms with van der Waals surface area (Å²) in [5.41, 5.74) is 3.26. The van der Waals surface area contributed by atoms with Crippen molar-refractivity contribution in [2.24, 2.45) is 0 Å². The number of halogens is 2. The van der Waals surface area contributed by atoms with Crippen molar-refractivity contribution in [1.29, 1.82) is 0 Å². The topological polar surface area (TPSA) is 88.0 Å². The Kier molecular flexibility index (Phi) is 3.78. The van der Waals surface area contributed by atoms with Crippen molar-refractivity contribution < 1.29 is 29.5 Å². The Morgan fingerprint density at radius 2 is 1.81 bits per heavy atom. The summed E-state index contributed by atoms with van der Waals surface area (Å²) in [6.45, 7) is 0. The molecule has 16 heavy (non-hydrogen) atoms. The van der Waals surface area contributed by atoms with Crippen LogP contribution in [0.4, 0.5) is 8.78 Å². The molecule has 0 unspecified atom stereocenters. The van der Waals surface area contributed by atoms with Gasteiger partial charge in [-0.05, 0) is 17.7 Å². The predicted octanol–water partition coefficient (Wildman–Crippen LogP) is -0.899. The number of hydrogen-bond donors (Lipinski definition) is 2. The summed E-state index contributed by atoms with van der Waals surface area (Å²) in [6, 6.07) is 3.38. The van der Waals surface area contributed by atoms with Crippen molar-refractivity contribution in [2.75, 3.05) is 0 Å². The molecule has 0 saturated carbocycles. The lowest BCUT2D eigenvalue weighted by atomic mass is 9.92. The number of aromatic hydroxyl groups is 1. The maximum atomic E-state index is 12.7. The maximum absolute atomic E-state index is 12.7. The van der Waals surface area contributed by atoms with Gasteiger partial charge in [-0.3, -0.25) is 0 Å². The summed E-state index contributed by atoms with van der Waals surface area (Å²) >= 11 is 0. The predicted molar refractivity (Wildman–Crippen MR) is 48.5 cm³/mol. The summed E-state index contributed by atoms with van der Waals surface area (Å²) < 4.78 is 25.4. The molecule has 88 valence electrons. The number of rotatable bonds is 4. The molecule has 0 fully saturated rings. The lowest BCUT2D eigenvalue weighted by Gasteiger charge is -2.21. The Labute approximate surface area is 90.3 Å². The summed E-state index contributed by atoms with van der Waals surface area (Å²) in [4.78, 5) is 10.5. The molecule has 0 aliphatic rings. The van der Waals surface area contributed by atoms with E-state index in [1.165, 1.54) is 24.3 Å². The van der Waals surface area contributed by atoms with Crippen molar-refractivity contribution in [3.8, 4) is 5.75 Å². The molecule has 0 heterocycles. The highest BCUT2D eigenvalue weighted by Crippen LogP contribution is 2.26. The molecule has 0 aliphatic heterocycles. The maximum Gasteiger partial charge on any atom is 0.251 e. The van der Waals surface area contributed by atoms with Crippen LogP contribution >= 0.6 is 0 Å². The lowest BCUT2D eigenvalue weighted by molar-refractivity contribution is -0.445. The van der Waals surface area contributed by atoms with Gasteiger partial charge in [-0.15, -0.1) is 0 Å². The Balaban J connectivity index is 3.03. The molecule has 1 rings (SSSR count). The highest BCUT2D eigenvalue weighted by atomic mass is 19.3. The zero-order chi connectivity index (χ0) is 12.3. The largest absolute Gasteiger partial charge is 0.544 e. The molecule has 0 saturated heterocycles. The van der Waals surface area contributed by atoms with Crippen LogP contribution in [0.25, 0.3) is 0 Å². The molecule has 0 aliphatic carbocycles. The molecule has 0 radical (unpaired) electrons. The highest BCUT2D eigenvalue weighted by molar-refractivity contribution is 5.71. The minimum atomic E-state index is -2.86. The molecule has 2 atom stereocenters. The molecule has 4 N–H and O–H groups in total. The van der Waals surface area contributed by atoms with Gasteiger partial charge >= 0.3 is 0 Å². The fourth-order valence-electron chi connectivity index (χ4n) is 1.40. The van der Waals surface area contributed by atoms with Crippen molar-refractivity contribution >= 4 is 5.97 Å². The summed E-state index contributed by atoms with van der Waals surface area (Å²) in [5, 5.41) is 19.5. The average molecular weight is 231 g/mol. The smallest absolute Gasteiger partial charge is 0.251 e. The zero-order valence-corrected chi connectivity index (χ0v) is 8.27. The number of carbonyl (C=O) groups is 1. The highest BCUT2D eigenvalue weighted by Gasteiger charge is 2.32. The minimum Gasteiger partial charge on any atom is -0.544 e. The number of hydrogen-bond acceptors (Lipinski definition) is 3. The standard InChI is InChI=1S/C10H11F2NO3/c11-9(12)7(8(13)10(15)16)5-1-3-6(14)4-2-5/h1-4,7-9,14H,13H2,(H,15,16)/t7-,8-/m0/s1. The SMILES string of the molecule is [NH3+][C@H](C(=O)[O-])[C@H](c1ccc(O)cc1)C(F)F. The first-order valence-corrected chi connectivity index (χ1v) is 4.54. The van der Waals surface area contributed by atoms with Crippen molar-refractivity contribution in [2.45, 2.75) is 18.4 Å². The van der Waals surface area contributed by atoms with E-state index < -0.39 is 24.4 Å². The molecule has 0 spiro atoms. The van der Waals surface area contributed by atoms with Crippen molar-refractivity contribution in [3.63, 3.8) is 0 Å². The number of aliphatic carboxylic acids is 1. The van der Waals surface area contributed by atoms with E-state index in [4.69, 9.17) is 5.11 Å². The molecule has 0 amide bonds. The van der Waals surface area contributed by atoms with Gasteiger partial charge in [0.15, 0.2) is 0 Å². The Morgan fingerprint density at radius 1 is 1.31 bits per heavy atom. The Hall–Kier alpha value is -1.69. The number of phenolic OH excluding ortho intramolecular Hbond substituents is 1. The normalized spacial score (nSPS) is 14.8. The van der Waals surface area contributed by atoms with E-state index in [1.54, 1.807) is 0 Å². The Bertz CT molecular complexity index is 367. The van der Waals surface area contributed by atoms with Crippen LogP contribution in [-0.2, 0) is 4.79 Å². The first kappa shape index (κ1) is 12.4. The van der Waals surface area contributed by atoms with Crippen LogP contribution < -0.4 is 10.8 Å². The summed E-state index contributed by atoms with van der Waals surface area (Å²) in [6.07, 6.45) is -2.86. The van der Waals surface area contributed by atoms with Crippen LogP contribution in [0.5, 0.6) is 5.75 Å². The van der Waals surface area contributed by atoms with Crippen LogP contribution in [0.3, 0.4) is 0 Å². The number of carboxylic acid groups (broad SMARTS) is 1. The third-order valence-corrected chi connectivity index (χ3v) is 2.29. The Morgan fingerprint density at radius 3 is 2.19 bits per heavy atom. The first-order valence-electron chi connectivity index (χ1n) is 4.54. The van der Waals surface area contributed by atoms with E-state index >= 15 is 0 Å². The third kappa shape index (κ3) is 2.66. The van der Waals surface area contributed by atoms with Gasteiger partial charge in [0.25, 0.3) is 6.43 Å². The second kappa shape index (κ2) is 4.89. The number of benzene rings is 1. The lowest BCUT2D eigenvalue weighted by Crippen LogP contribution is -2.71. The minimum absolute atomic E-state index is 0.0779. The van der Waals surface area contributed by atoms with Gasteiger partial charge in [-0.25, -0.2) is 8.78 Å². The summed E-state index contributed by atoms with van der Waals surface area (Å²) in [5.74, 6) is -3.24. The van der Waals surface area contributed by atoms with E-state index in [1.807, 2.05) is 0 Å². The van der Waals surface area contributed by atoms with Gasteiger partial charge in [0.05, 0.1) is 5.97 Å². The fourth-order valence-corrected chi connectivity index (χ4v) is 1.40. The fraction of sp³-hybridized carbons (Fsp3) is 0.300. The second-order valence-electron chi connectivity index (χ2n) is 3.38. The van der Waals surface area contributed by atoms with Crippen LogP contribution in [0.1, 0.15) is 11.5 Å².